The third-order valence-electron chi connectivity index (χ3n) is 2.63. The Hall–Kier alpha value is -1.42. The molecule has 2 heterocycles. The van der Waals surface area contributed by atoms with Crippen molar-refractivity contribution in [3.8, 4) is 0 Å². The molecule has 2 aliphatic heterocycles. The van der Waals surface area contributed by atoms with Gasteiger partial charge in [0.25, 0.3) is 0 Å². The first-order chi connectivity index (χ1) is 7.25. The fourth-order valence-corrected chi connectivity index (χ4v) is 2.96. The van der Waals surface area contributed by atoms with E-state index in [1.165, 1.54) is 5.56 Å². The molecular weight excluding hydrogens is 208 g/mol. The molecule has 0 amide bonds. The van der Waals surface area contributed by atoms with Gasteiger partial charge >= 0.3 is 0 Å². The van der Waals surface area contributed by atoms with Crippen molar-refractivity contribution in [3.63, 3.8) is 0 Å². The first kappa shape index (κ1) is 8.85. The van der Waals surface area contributed by atoms with Crippen molar-refractivity contribution < 1.29 is 4.21 Å². The monoisotopic (exact) mass is 218 g/mol. The highest BCUT2D eigenvalue weighted by Gasteiger charge is 2.32. The van der Waals surface area contributed by atoms with Crippen molar-refractivity contribution in [3.05, 3.63) is 41.3 Å². The van der Waals surface area contributed by atoms with E-state index in [1.807, 2.05) is 23.1 Å². The van der Waals surface area contributed by atoms with Gasteiger partial charge in [0.05, 0.1) is 12.2 Å². The maximum Gasteiger partial charge on any atom is 0.200 e. The molecule has 1 saturated heterocycles. The maximum atomic E-state index is 11.8. The number of amidine groups is 1. The molecule has 1 aromatic rings. The van der Waals surface area contributed by atoms with Crippen LogP contribution in [0, 0.1) is 0 Å². The molecule has 0 radical (unpaired) electrons. The number of benzene rings is 1. The van der Waals surface area contributed by atoms with Gasteiger partial charge in [-0.15, -0.1) is 0 Å². The van der Waals surface area contributed by atoms with E-state index in [4.69, 9.17) is 0 Å². The Morgan fingerprint density at radius 3 is 3.00 bits per heavy atom. The first-order valence-corrected chi connectivity index (χ1v) is 5.92. The van der Waals surface area contributed by atoms with Crippen molar-refractivity contribution >= 4 is 21.7 Å². The number of rotatable bonds is 0. The van der Waals surface area contributed by atoms with E-state index in [2.05, 4.69) is 17.6 Å². The number of hydrogen-bond donors (Lipinski definition) is 0. The van der Waals surface area contributed by atoms with Gasteiger partial charge in [0.2, 0.25) is 5.17 Å². The van der Waals surface area contributed by atoms with Gasteiger partial charge in [-0.25, -0.2) is 9.20 Å². The molecule has 76 valence electrons. The van der Waals surface area contributed by atoms with Crippen LogP contribution in [0.15, 0.2) is 40.7 Å². The molecule has 1 unspecified atom stereocenters. The van der Waals surface area contributed by atoms with Crippen LogP contribution >= 0.6 is 0 Å². The number of fused-ring (bicyclic) bond motifs is 2. The Balaban J connectivity index is 2.14. The maximum absolute atomic E-state index is 11.8. The second-order valence-electron chi connectivity index (χ2n) is 3.69. The van der Waals surface area contributed by atoms with Gasteiger partial charge in [-0.1, -0.05) is 24.8 Å². The Morgan fingerprint density at radius 2 is 2.13 bits per heavy atom. The van der Waals surface area contributed by atoms with E-state index < -0.39 is 10.8 Å². The minimum atomic E-state index is -1.11. The van der Waals surface area contributed by atoms with E-state index in [0.717, 1.165) is 17.1 Å². The quantitative estimate of drug-likeness (QED) is 0.664. The van der Waals surface area contributed by atoms with Gasteiger partial charge in [0.1, 0.15) is 10.8 Å². The molecule has 1 aromatic carbocycles. The third kappa shape index (κ3) is 1.25. The van der Waals surface area contributed by atoms with E-state index in [1.54, 1.807) is 0 Å². The highest BCUT2D eigenvalue weighted by Crippen LogP contribution is 2.31. The van der Waals surface area contributed by atoms with E-state index in [-0.39, 0.29) is 0 Å². The van der Waals surface area contributed by atoms with Crippen molar-refractivity contribution in [2.75, 3.05) is 6.54 Å². The molecule has 0 saturated carbocycles. The largest absolute Gasteiger partial charge is 0.340 e. The molecule has 0 aliphatic carbocycles. The van der Waals surface area contributed by atoms with Crippen molar-refractivity contribution in [2.45, 2.75) is 6.54 Å². The summed E-state index contributed by atoms with van der Waals surface area (Å²) in [6.07, 6.45) is 0. The van der Waals surface area contributed by atoms with Crippen molar-refractivity contribution in [2.24, 2.45) is 4.99 Å². The van der Waals surface area contributed by atoms with Crippen LogP contribution in [0.1, 0.15) is 5.56 Å². The lowest BCUT2D eigenvalue weighted by Gasteiger charge is -2.22. The fourth-order valence-electron chi connectivity index (χ4n) is 1.88. The molecule has 0 spiro atoms. The highest BCUT2D eigenvalue weighted by molar-refractivity contribution is 8.04. The summed E-state index contributed by atoms with van der Waals surface area (Å²) in [7, 11) is -1.11. The van der Waals surface area contributed by atoms with Gasteiger partial charge < -0.3 is 4.90 Å². The first-order valence-electron chi connectivity index (χ1n) is 4.77. The number of aliphatic imine (C=N–C) groups is 1. The predicted molar refractivity (Wildman–Crippen MR) is 61.2 cm³/mol. The van der Waals surface area contributed by atoms with Crippen LogP contribution in [0.25, 0.3) is 0 Å². The van der Waals surface area contributed by atoms with Crippen LogP contribution in [-0.4, -0.2) is 20.8 Å². The van der Waals surface area contributed by atoms with Gasteiger partial charge in [-0.2, -0.15) is 0 Å². The van der Waals surface area contributed by atoms with Gasteiger partial charge in [-0.05, 0) is 11.6 Å². The van der Waals surface area contributed by atoms with Crippen LogP contribution in [0.4, 0.5) is 5.69 Å². The van der Waals surface area contributed by atoms with E-state index >= 15 is 0 Å². The van der Waals surface area contributed by atoms with Gasteiger partial charge in [0, 0.05) is 11.4 Å². The summed E-state index contributed by atoms with van der Waals surface area (Å²) in [6, 6.07) is 7.96. The Kier molecular flexibility index (Phi) is 1.79. The number of nitrogens with zero attached hydrogens (tertiary/aromatic N) is 2. The molecule has 1 fully saturated rings. The Morgan fingerprint density at radius 1 is 1.33 bits per heavy atom. The molecule has 4 heteroatoms. The van der Waals surface area contributed by atoms with Crippen LogP contribution in [-0.2, 0) is 17.3 Å². The number of para-hydroxylation sites is 1. The summed E-state index contributed by atoms with van der Waals surface area (Å²) >= 11 is 0. The Bertz CT molecular complexity index is 507. The zero-order valence-electron chi connectivity index (χ0n) is 8.14. The smallest absolute Gasteiger partial charge is 0.200 e. The summed E-state index contributed by atoms with van der Waals surface area (Å²) in [4.78, 5) is 7.20. The molecule has 0 N–H and O–H groups in total. The van der Waals surface area contributed by atoms with Crippen molar-refractivity contribution in [1.82, 2.24) is 4.90 Å². The lowest BCUT2D eigenvalue weighted by molar-refractivity contribution is 0.464. The number of hydrogen-bond acceptors (Lipinski definition) is 3. The summed E-state index contributed by atoms with van der Waals surface area (Å²) in [6.45, 7) is 5.26. The van der Waals surface area contributed by atoms with Gasteiger partial charge in [-0.3, -0.25) is 0 Å². The summed E-state index contributed by atoms with van der Waals surface area (Å²) < 4.78 is 11.8. The van der Waals surface area contributed by atoms with Crippen molar-refractivity contribution in [1.29, 1.82) is 0 Å². The minimum Gasteiger partial charge on any atom is -0.340 e. The third-order valence-corrected chi connectivity index (χ3v) is 3.97. The molecule has 0 aromatic heterocycles. The SMILES string of the molecule is C=C1CN2Cc3ccccc3N=C2S1=O. The molecule has 1 atom stereocenters. The van der Waals surface area contributed by atoms with E-state index in [9.17, 15) is 4.21 Å². The zero-order valence-corrected chi connectivity index (χ0v) is 8.96. The zero-order chi connectivity index (χ0) is 10.4. The lowest BCUT2D eigenvalue weighted by Crippen LogP contribution is -2.28. The molecule has 2 aliphatic rings. The van der Waals surface area contributed by atoms with E-state index in [0.29, 0.717) is 11.7 Å². The summed E-state index contributed by atoms with van der Waals surface area (Å²) in [5.74, 6) is 0. The normalized spacial score (nSPS) is 23.5. The predicted octanol–water partition coefficient (Wildman–Crippen LogP) is 1.77. The summed E-state index contributed by atoms with van der Waals surface area (Å²) in [5, 5.41) is 0.665. The molecule has 15 heavy (non-hydrogen) atoms. The van der Waals surface area contributed by atoms with Gasteiger partial charge in [0.15, 0.2) is 0 Å². The van der Waals surface area contributed by atoms with Crippen LogP contribution < -0.4 is 0 Å². The Labute approximate surface area is 90.6 Å². The average molecular weight is 218 g/mol. The fraction of sp³-hybridized carbons (Fsp3) is 0.182. The van der Waals surface area contributed by atoms with Crippen LogP contribution in [0.3, 0.4) is 0 Å². The topological polar surface area (TPSA) is 32.7 Å². The highest BCUT2D eigenvalue weighted by atomic mass is 32.2. The lowest BCUT2D eigenvalue weighted by atomic mass is 10.1. The van der Waals surface area contributed by atoms with Crippen LogP contribution in [0.2, 0.25) is 0 Å². The molecule has 3 nitrogen and oxygen atoms in total. The average Bonchev–Trinajstić information content (AvgIpc) is 2.52. The molecular formula is C11H10N2OS. The van der Waals surface area contributed by atoms with Crippen LogP contribution in [0.5, 0.6) is 0 Å². The second kappa shape index (κ2) is 3.03. The molecule has 0 bridgehead atoms. The minimum absolute atomic E-state index is 0.665. The second-order valence-corrected chi connectivity index (χ2v) is 5.17. The molecule has 3 rings (SSSR count). The standard InChI is InChI=1S/C11H10N2OS/c1-8-6-13-7-9-4-2-3-5-10(9)12-11(13)15(8)14/h2-5H,1,6-7H2. The summed E-state index contributed by atoms with van der Waals surface area (Å²) in [5.41, 5.74) is 2.12.